The monoisotopic (exact) mass is 229 g/mol. The Morgan fingerprint density at radius 2 is 2.31 bits per heavy atom. The topological polar surface area (TPSA) is 58.6 Å². The molecule has 16 heavy (non-hydrogen) atoms. The van der Waals surface area contributed by atoms with Crippen LogP contribution in [0.3, 0.4) is 0 Å². The maximum absolute atomic E-state index is 11.5. The van der Waals surface area contributed by atoms with Crippen LogP contribution in [0.4, 0.5) is 0 Å². The number of aliphatic carboxylic acids is 1. The van der Waals surface area contributed by atoms with Crippen LogP contribution in [-0.2, 0) is 9.53 Å². The fourth-order valence-electron chi connectivity index (χ4n) is 2.74. The lowest BCUT2D eigenvalue weighted by atomic mass is 9.84. The van der Waals surface area contributed by atoms with Gasteiger partial charge in [-0.15, -0.1) is 0 Å². The van der Waals surface area contributed by atoms with E-state index < -0.39 is 11.5 Å². The summed E-state index contributed by atoms with van der Waals surface area (Å²) in [5.41, 5.74) is -0.703. The molecule has 0 aromatic carbocycles. The summed E-state index contributed by atoms with van der Waals surface area (Å²) < 4.78 is 5.33. The zero-order valence-corrected chi connectivity index (χ0v) is 10.3. The molecule has 0 radical (unpaired) electrons. The number of carboxylic acid groups (broad SMARTS) is 1. The van der Waals surface area contributed by atoms with Gasteiger partial charge in [-0.25, -0.2) is 0 Å². The molecular formula is C12H23NO3. The maximum Gasteiger partial charge on any atom is 0.324 e. The molecule has 0 heterocycles. The number of likely N-dealkylation sites (N-methyl/N-ethyl adjacent to an activating group) is 1. The van der Waals surface area contributed by atoms with Crippen molar-refractivity contribution in [1.29, 1.82) is 0 Å². The van der Waals surface area contributed by atoms with E-state index in [0.717, 1.165) is 25.7 Å². The summed E-state index contributed by atoms with van der Waals surface area (Å²) >= 11 is 0. The molecule has 1 aliphatic rings. The van der Waals surface area contributed by atoms with E-state index in [4.69, 9.17) is 4.74 Å². The first-order valence-corrected chi connectivity index (χ1v) is 6.23. The zero-order valence-electron chi connectivity index (χ0n) is 10.3. The van der Waals surface area contributed by atoms with Crippen LogP contribution in [0.1, 0.15) is 39.5 Å². The summed E-state index contributed by atoms with van der Waals surface area (Å²) in [4.78, 5) is 11.5. The van der Waals surface area contributed by atoms with Crippen molar-refractivity contribution in [2.45, 2.75) is 45.1 Å². The molecule has 0 aromatic heterocycles. The number of ether oxygens (including phenoxy) is 1. The van der Waals surface area contributed by atoms with Crippen molar-refractivity contribution in [1.82, 2.24) is 5.32 Å². The summed E-state index contributed by atoms with van der Waals surface area (Å²) in [5, 5.41) is 12.6. The van der Waals surface area contributed by atoms with Gasteiger partial charge in [0.1, 0.15) is 5.54 Å². The summed E-state index contributed by atoms with van der Waals surface area (Å²) in [6, 6.07) is 0. The summed E-state index contributed by atoms with van der Waals surface area (Å²) in [5.74, 6) is -0.496. The van der Waals surface area contributed by atoms with Gasteiger partial charge in [-0.2, -0.15) is 0 Å². The second kappa shape index (κ2) is 6.21. The fraction of sp³-hybridized carbons (Fsp3) is 0.917. The number of rotatable bonds is 7. The van der Waals surface area contributed by atoms with Crippen LogP contribution in [-0.4, -0.2) is 36.4 Å². The first-order valence-electron chi connectivity index (χ1n) is 6.23. The molecule has 1 aliphatic carbocycles. The van der Waals surface area contributed by atoms with Crippen molar-refractivity contribution < 1.29 is 14.6 Å². The van der Waals surface area contributed by atoms with Gasteiger partial charge in [0.05, 0.1) is 0 Å². The van der Waals surface area contributed by atoms with Crippen LogP contribution in [0.2, 0.25) is 0 Å². The quantitative estimate of drug-likeness (QED) is 0.652. The summed E-state index contributed by atoms with van der Waals surface area (Å²) in [6.07, 6.45) is 3.57. The van der Waals surface area contributed by atoms with E-state index in [2.05, 4.69) is 5.32 Å². The lowest BCUT2D eigenvalue weighted by molar-refractivity contribution is -0.146. The Hall–Kier alpha value is -0.610. The van der Waals surface area contributed by atoms with Crippen LogP contribution in [0, 0.1) is 5.92 Å². The number of carboxylic acids is 1. The molecule has 0 spiro atoms. The molecule has 0 amide bonds. The fourth-order valence-corrected chi connectivity index (χ4v) is 2.74. The lowest BCUT2D eigenvalue weighted by Crippen LogP contribution is -2.54. The van der Waals surface area contributed by atoms with E-state index in [9.17, 15) is 9.90 Å². The van der Waals surface area contributed by atoms with Crippen molar-refractivity contribution in [3.8, 4) is 0 Å². The average Bonchev–Trinajstić information content (AvgIpc) is 2.64. The van der Waals surface area contributed by atoms with Gasteiger partial charge in [0.2, 0.25) is 0 Å². The van der Waals surface area contributed by atoms with Crippen molar-refractivity contribution in [3.05, 3.63) is 0 Å². The second-order valence-corrected chi connectivity index (χ2v) is 4.38. The van der Waals surface area contributed by atoms with Gasteiger partial charge < -0.3 is 15.2 Å². The Labute approximate surface area is 97.4 Å². The molecule has 0 aliphatic heterocycles. The molecule has 0 bridgehead atoms. The smallest absolute Gasteiger partial charge is 0.324 e. The van der Waals surface area contributed by atoms with Crippen molar-refractivity contribution in [2.75, 3.05) is 19.8 Å². The van der Waals surface area contributed by atoms with Crippen LogP contribution in [0.15, 0.2) is 0 Å². The van der Waals surface area contributed by atoms with Crippen LogP contribution >= 0.6 is 0 Å². The highest BCUT2D eigenvalue weighted by molar-refractivity contribution is 5.79. The molecule has 0 aromatic rings. The lowest BCUT2D eigenvalue weighted by Gasteiger charge is -2.32. The van der Waals surface area contributed by atoms with E-state index in [1.165, 1.54) is 0 Å². The van der Waals surface area contributed by atoms with Gasteiger partial charge in [0.25, 0.3) is 0 Å². The Bertz CT molecular complexity index is 232. The SMILES string of the molecule is CCNC1(C(=O)O)CCCC1CCOCC. The normalized spacial score (nSPS) is 29.5. The predicted octanol–water partition coefficient (Wildman–Crippen LogP) is 1.65. The molecule has 2 N–H and O–H groups in total. The van der Waals surface area contributed by atoms with E-state index in [0.29, 0.717) is 19.8 Å². The van der Waals surface area contributed by atoms with E-state index >= 15 is 0 Å². The van der Waals surface area contributed by atoms with Crippen LogP contribution in [0.5, 0.6) is 0 Å². The molecule has 1 saturated carbocycles. The van der Waals surface area contributed by atoms with Gasteiger partial charge in [-0.05, 0) is 38.6 Å². The molecule has 94 valence electrons. The first-order chi connectivity index (χ1) is 7.67. The summed E-state index contributed by atoms with van der Waals surface area (Å²) in [6.45, 7) is 6.00. The Morgan fingerprint density at radius 3 is 2.88 bits per heavy atom. The predicted molar refractivity (Wildman–Crippen MR) is 62.5 cm³/mol. The maximum atomic E-state index is 11.5. The molecule has 4 heteroatoms. The van der Waals surface area contributed by atoms with Gasteiger partial charge in [-0.1, -0.05) is 13.3 Å². The highest BCUT2D eigenvalue weighted by Crippen LogP contribution is 2.38. The highest BCUT2D eigenvalue weighted by Gasteiger charge is 2.48. The Morgan fingerprint density at radius 1 is 1.56 bits per heavy atom. The van der Waals surface area contributed by atoms with Crippen LogP contribution in [0.25, 0.3) is 0 Å². The average molecular weight is 229 g/mol. The Balaban J connectivity index is 2.62. The highest BCUT2D eigenvalue weighted by atomic mass is 16.5. The van der Waals surface area contributed by atoms with Gasteiger partial charge in [0.15, 0.2) is 0 Å². The van der Waals surface area contributed by atoms with Gasteiger partial charge in [0, 0.05) is 13.2 Å². The van der Waals surface area contributed by atoms with Crippen molar-refractivity contribution >= 4 is 5.97 Å². The molecule has 0 saturated heterocycles. The largest absolute Gasteiger partial charge is 0.480 e. The molecule has 1 fully saturated rings. The Kier molecular flexibility index (Phi) is 5.22. The summed E-state index contributed by atoms with van der Waals surface area (Å²) in [7, 11) is 0. The minimum atomic E-state index is -0.703. The molecule has 1 rings (SSSR count). The minimum absolute atomic E-state index is 0.205. The third-order valence-electron chi connectivity index (χ3n) is 3.51. The molecule has 4 nitrogen and oxygen atoms in total. The second-order valence-electron chi connectivity index (χ2n) is 4.38. The van der Waals surface area contributed by atoms with Crippen LogP contribution < -0.4 is 5.32 Å². The first kappa shape index (κ1) is 13.5. The van der Waals surface area contributed by atoms with Crippen molar-refractivity contribution in [3.63, 3.8) is 0 Å². The van der Waals surface area contributed by atoms with Gasteiger partial charge in [-0.3, -0.25) is 4.79 Å². The number of hydrogen-bond donors (Lipinski definition) is 2. The minimum Gasteiger partial charge on any atom is -0.480 e. The molecule has 2 atom stereocenters. The molecular weight excluding hydrogens is 206 g/mol. The molecule has 2 unspecified atom stereocenters. The third kappa shape index (κ3) is 2.74. The third-order valence-corrected chi connectivity index (χ3v) is 3.51. The zero-order chi connectivity index (χ0) is 12.0. The standard InChI is InChI=1S/C12H23NO3/c1-3-13-12(11(14)15)8-5-6-10(12)7-9-16-4-2/h10,13H,3-9H2,1-2H3,(H,14,15). The number of nitrogens with one attached hydrogen (secondary N) is 1. The van der Waals surface area contributed by atoms with Crippen molar-refractivity contribution in [2.24, 2.45) is 5.92 Å². The number of hydrogen-bond acceptors (Lipinski definition) is 3. The number of carbonyl (C=O) groups is 1. The van der Waals surface area contributed by atoms with E-state index in [1.54, 1.807) is 0 Å². The van der Waals surface area contributed by atoms with E-state index in [1.807, 2.05) is 13.8 Å². The van der Waals surface area contributed by atoms with Gasteiger partial charge >= 0.3 is 5.97 Å². The van der Waals surface area contributed by atoms with E-state index in [-0.39, 0.29) is 5.92 Å².